The summed E-state index contributed by atoms with van der Waals surface area (Å²) < 4.78 is 16.8. The second-order valence-electron chi connectivity index (χ2n) is 8.19. The molecule has 1 fully saturated rings. The van der Waals surface area contributed by atoms with Gasteiger partial charge in [-0.15, -0.1) is 0 Å². The fourth-order valence-corrected chi connectivity index (χ4v) is 4.12. The molecular formula is C25H35NO4. The largest absolute Gasteiger partial charge is 0.497 e. The fourth-order valence-electron chi connectivity index (χ4n) is 4.12. The maximum absolute atomic E-state index is 10.5. The molecule has 0 aromatic heterocycles. The van der Waals surface area contributed by atoms with Crippen LogP contribution in [0.1, 0.15) is 49.8 Å². The smallest absolute Gasteiger partial charge is 0.118 e. The summed E-state index contributed by atoms with van der Waals surface area (Å²) in [6.45, 7) is 3.10. The van der Waals surface area contributed by atoms with Crippen LogP contribution in [-0.4, -0.2) is 44.6 Å². The molecule has 0 bridgehead atoms. The first-order chi connectivity index (χ1) is 14.6. The molecule has 0 spiro atoms. The van der Waals surface area contributed by atoms with E-state index in [9.17, 15) is 5.11 Å². The maximum atomic E-state index is 10.5. The number of nitrogens with one attached hydrogen (secondary N) is 1. The number of aliphatic hydroxyl groups excluding tert-OH is 1. The first-order valence-electron chi connectivity index (χ1n) is 10.9. The highest BCUT2D eigenvalue weighted by Crippen LogP contribution is 2.29. The van der Waals surface area contributed by atoms with Gasteiger partial charge in [-0.05, 0) is 54.2 Å². The molecule has 2 aromatic carbocycles. The van der Waals surface area contributed by atoms with E-state index in [1.807, 2.05) is 48.5 Å². The standard InChI is InChI=1S/C25H35NO4/c1-18-6-4-5-7-24(18)26-16-21(27)17-30-25(19-8-12-22(28-2)13-9-19)20-10-14-23(29-3)15-11-20/h8-15,18,21,24-27H,4-7,16-17H2,1-3H3/t18-,21-,24+/m0/s1. The summed E-state index contributed by atoms with van der Waals surface area (Å²) in [5.41, 5.74) is 2.03. The Bertz CT molecular complexity index is 699. The molecule has 0 heterocycles. The summed E-state index contributed by atoms with van der Waals surface area (Å²) in [7, 11) is 3.31. The lowest BCUT2D eigenvalue weighted by molar-refractivity contribution is 0.00444. The van der Waals surface area contributed by atoms with Crippen molar-refractivity contribution in [3.63, 3.8) is 0 Å². The lowest BCUT2D eigenvalue weighted by atomic mass is 9.86. The molecule has 2 N–H and O–H groups in total. The van der Waals surface area contributed by atoms with Gasteiger partial charge in [-0.1, -0.05) is 44.0 Å². The molecule has 0 amide bonds. The Labute approximate surface area is 180 Å². The second-order valence-corrected chi connectivity index (χ2v) is 8.19. The van der Waals surface area contributed by atoms with Gasteiger partial charge in [0, 0.05) is 12.6 Å². The predicted molar refractivity (Wildman–Crippen MR) is 119 cm³/mol. The maximum Gasteiger partial charge on any atom is 0.118 e. The summed E-state index contributed by atoms with van der Waals surface area (Å²) in [6.07, 6.45) is 4.21. The Morgan fingerprint density at radius 2 is 1.43 bits per heavy atom. The van der Waals surface area contributed by atoms with Crippen molar-refractivity contribution in [2.75, 3.05) is 27.4 Å². The first-order valence-corrected chi connectivity index (χ1v) is 10.9. The Hall–Kier alpha value is -2.08. The van der Waals surface area contributed by atoms with Gasteiger partial charge in [-0.25, -0.2) is 0 Å². The van der Waals surface area contributed by atoms with Gasteiger partial charge in [0.2, 0.25) is 0 Å². The molecule has 3 atom stereocenters. The van der Waals surface area contributed by atoms with Crippen LogP contribution in [0.25, 0.3) is 0 Å². The van der Waals surface area contributed by atoms with Crippen LogP contribution in [0.15, 0.2) is 48.5 Å². The fraction of sp³-hybridized carbons (Fsp3) is 0.520. The SMILES string of the molecule is COc1ccc(C(OC[C@@H](O)CN[C@@H]2CCCC[C@@H]2C)c2ccc(OC)cc2)cc1. The normalized spacial score (nSPS) is 20.2. The van der Waals surface area contributed by atoms with Gasteiger partial charge >= 0.3 is 0 Å². The quantitative estimate of drug-likeness (QED) is 0.607. The second kappa shape index (κ2) is 11.3. The average molecular weight is 414 g/mol. The summed E-state index contributed by atoms with van der Waals surface area (Å²) in [5.74, 6) is 2.27. The molecule has 5 heteroatoms. The molecule has 164 valence electrons. The minimum Gasteiger partial charge on any atom is -0.497 e. The third kappa shape index (κ3) is 6.21. The van der Waals surface area contributed by atoms with E-state index in [1.165, 1.54) is 25.7 Å². The highest BCUT2D eigenvalue weighted by Gasteiger charge is 2.22. The number of ether oxygens (including phenoxy) is 3. The van der Waals surface area contributed by atoms with Crippen LogP contribution in [0, 0.1) is 5.92 Å². The van der Waals surface area contributed by atoms with Crippen LogP contribution >= 0.6 is 0 Å². The van der Waals surface area contributed by atoms with E-state index in [-0.39, 0.29) is 12.7 Å². The minimum absolute atomic E-state index is 0.261. The molecule has 1 aliphatic carbocycles. The Balaban J connectivity index is 1.63. The number of benzene rings is 2. The lowest BCUT2D eigenvalue weighted by Gasteiger charge is -2.30. The van der Waals surface area contributed by atoms with Crippen LogP contribution in [0.2, 0.25) is 0 Å². The van der Waals surface area contributed by atoms with E-state index < -0.39 is 6.10 Å². The van der Waals surface area contributed by atoms with Crippen molar-refractivity contribution in [3.05, 3.63) is 59.7 Å². The van der Waals surface area contributed by atoms with Gasteiger partial charge < -0.3 is 24.6 Å². The van der Waals surface area contributed by atoms with Crippen LogP contribution in [0.4, 0.5) is 0 Å². The highest BCUT2D eigenvalue weighted by atomic mass is 16.5. The Morgan fingerprint density at radius 3 is 1.93 bits per heavy atom. The van der Waals surface area contributed by atoms with Crippen LogP contribution < -0.4 is 14.8 Å². The van der Waals surface area contributed by atoms with E-state index in [2.05, 4.69) is 12.2 Å². The number of hydrogen-bond donors (Lipinski definition) is 2. The molecule has 0 saturated heterocycles. The minimum atomic E-state index is -0.557. The van der Waals surface area contributed by atoms with E-state index in [0.717, 1.165) is 22.6 Å². The van der Waals surface area contributed by atoms with Crippen molar-refractivity contribution in [1.82, 2.24) is 5.32 Å². The third-order valence-corrected chi connectivity index (χ3v) is 6.02. The molecule has 0 unspecified atom stereocenters. The lowest BCUT2D eigenvalue weighted by Crippen LogP contribution is -2.42. The third-order valence-electron chi connectivity index (χ3n) is 6.02. The number of aliphatic hydroxyl groups is 1. The zero-order chi connectivity index (χ0) is 21.3. The van der Waals surface area contributed by atoms with E-state index in [0.29, 0.717) is 18.5 Å². The van der Waals surface area contributed by atoms with E-state index >= 15 is 0 Å². The van der Waals surface area contributed by atoms with Crippen molar-refractivity contribution in [1.29, 1.82) is 0 Å². The van der Waals surface area contributed by atoms with Gasteiger partial charge in [0.05, 0.1) is 26.9 Å². The van der Waals surface area contributed by atoms with Gasteiger partial charge in [0.15, 0.2) is 0 Å². The van der Waals surface area contributed by atoms with Gasteiger partial charge in [-0.2, -0.15) is 0 Å². The Kier molecular flexibility index (Phi) is 8.55. The number of hydrogen-bond acceptors (Lipinski definition) is 5. The van der Waals surface area contributed by atoms with Crippen LogP contribution in [0.5, 0.6) is 11.5 Å². The molecule has 0 radical (unpaired) electrons. The highest BCUT2D eigenvalue weighted by molar-refractivity contribution is 5.36. The monoisotopic (exact) mass is 413 g/mol. The van der Waals surface area contributed by atoms with Crippen LogP contribution in [-0.2, 0) is 4.74 Å². The zero-order valence-corrected chi connectivity index (χ0v) is 18.3. The molecular weight excluding hydrogens is 378 g/mol. The molecule has 1 aliphatic rings. The molecule has 30 heavy (non-hydrogen) atoms. The summed E-state index contributed by atoms with van der Waals surface area (Å²) >= 11 is 0. The molecule has 2 aromatic rings. The van der Waals surface area contributed by atoms with Crippen molar-refractivity contribution in [2.24, 2.45) is 5.92 Å². The summed E-state index contributed by atoms with van der Waals surface area (Å²) in [5, 5.41) is 14.1. The van der Waals surface area contributed by atoms with Crippen molar-refractivity contribution in [3.8, 4) is 11.5 Å². The van der Waals surface area contributed by atoms with Crippen LogP contribution in [0.3, 0.4) is 0 Å². The van der Waals surface area contributed by atoms with Crippen molar-refractivity contribution < 1.29 is 19.3 Å². The summed E-state index contributed by atoms with van der Waals surface area (Å²) in [4.78, 5) is 0. The van der Waals surface area contributed by atoms with Crippen molar-refractivity contribution in [2.45, 2.75) is 50.9 Å². The topological polar surface area (TPSA) is 60.0 Å². The molecule has 3 rings (SSSR count). The average Bonchev–Trinajstić information content (AvgIpc) is 2.79. The number of rotatable bonds is 10. The predicted octanol–water partition coefficient (Wildman–Crippen LogP) is 4.34. The van der Waals surface area contributed by atoms with E-state index in [1.54, 1.807) is 14.2 Å². The Morgan fingerprint density at radius 1 is 0.900 bits per heavy atom. The van der Waals surface area contributed by atoms with Gasteiger partial charge in [0.25, 0.3) is 0 Å². The molecule has 5 nitrogen and oxygen atoms in total. The number of methoxy groups -OCH3 is 2. The molecule has 0 aliphatic heterocycles. The molecule has 1 saturated carbocycles. The summed E-state index contributed by atoms with van der Waals surface area (Å²) in [6, 6.07) is 16.2. The van der Waals surface area contributed by atoms with Crippen molar-refractivity contribution >= 4 is 0 Å². The van der Waals surface area contributed by atoms with E-state index in [4.69, 9.17) is 14.2 Å². The van der Waals surface area contributed by atoms with Gasteiger partial charge in [0.1, 0.15) is 17.6 Å². The zero-order valence-electron chi connectivity index (χ0n) is 18.3. The first kappa shape index (κ1) is 22.6. The van der Waals surface area contributed by atoms with Gasteiger partial charge in [-0.3, -0.25) is 0 Å².